The van der Waals surface area contributed by atoms with Crippen molar-refractivity contribution in [3.63, 3.8) is 0 Å². The van der Waals surface area contributed by atoms with Crippen LogP contribution < -0.4 is 0 Å². The van der Waals surface area contributed by atoms with Crippen LogP contribution in [0.2, 0.25) is 0 Å². The fourth-order valence-corrected chi connectivity index (χ4v) is 2.25. The maximum Gasteiger partial charge on any atom is 0.109 e. The van der Waals surface area contributed by atoms with Crippen molar-refractivity contribution < 1.29 is 0 Å². The molecule has 0 aliphatic carbocycles. The Morgan fingerprint density at radius 3 is 2.12 bits per heavy atom. The molecule has 0 fully saturated rings. The molecule has 0 saturated heterocycles. The van der Waals surface area contributed by atoms with Crippen molar-refractivity contribution in [2.75, 3.05) is 0 Å². The molecule has 1 unspecified atom stereocenters. The number of nitrogens with zero attached hydrogens (tertiary/aromatic N) is 2. The molecule has 2 heteroatoms. The second-order valence-electron chi connectivity index (χ2n) is 5.93. The number of hydrogen-bond donors (Lipinski definition) is 0. The van der Waals surface area contributed by atoms with Gasteiger partial charge in [-0.2, -0.15) is 0 Å². The zero-order valence-electron chi connectivity index (χ0n) is 11.9. The van der Waals surface area contributed by atoms with Gasteiger partial charge in [0.25, 0.3) is 0 Å². The van der Waals surface area contributed by atoms with Gasteiger partial charge in [-0.25, -0.2) is 4.98 Å². The molecule has 0 saturated carbocycles. The molecule has 0 N–H and O–H groups in total. The number of imidazole rings is 1. The zero-order valence-corrected chi connectivity index (χ0v) is 11.9. The maximum atomic E-state index is 4.67. The Hall–Kier alpha value is -0.790. The van der Waals surface area contributed by atoms with Crippen molar-refractivity contribution >= 4 is 0 Å². The van der Waals surface area contributed by atoms with Crippen LogP contribution >= 0.6 is 0 Å². The van der Waals surface area contributed by atoms with Gasteiger partial charge >= 0.3 is 0 Å². The third-order valence-electron chi connectivity index (χ3n) is 3.86. The molecule has 1 heterocycles. The summed E-state index contributed by atoms with van der Waals surface area (Å²) in [6.07, 6.45) is 2.31. The molecule has 0 amide bonds. The summed E-state index contributed by atoms with van der Waals surface area (Å²) in [6.45, 7) is 13.5. The fourth-order valence-electron chi connectivity index (χ4n) is 2.25. The van der Waals surface area contributed by atoms with E-state index in [1.165, 1.54) is 23.6 Å². The first-order chi connectivity index (χ1) is 7.27. The molecule has 1 atom stereocenters. The molecule has 92 valence electrons. The van der Waals surface area contributed by atoms with Crippen molar-refractivity contribution in [1.82, 2.24) is 9.55 Å². The normalized spacial score (nSPS) is 14.2. The van der Waals surface area contributed by atoms with Gasteiger partial charge in [0.15, 0.2) is 0 Å². The largest absolute Gasteiger partial charge is 0.335 e. The average Bonchev–Trinajstić information content (AvgIpc) is 2.40. The second-order valence-corrected chi connectivity index (χ2v) is 5.93. The first-order valence-electron chi connectivity index (χ1n) is 6.26. The van der Waals surface area contributed by atoms with E-state index >= 15 is 0 Å². The smallest absolute Gasteiger partial charge is 0.109 e. The summed E-state index contributed by atoms with van der Waals surface area (Å²) in [5.74, 6) is 1.93. The fraction of sp³-hybridized carbons (Fsp3) is 0.786. The molecular weight excluding hydrogens is 196 g/mol. The van der Waals surface area contributed by atoms with Crippen LogP contribution in [-0.4, -0.2) is 9.55 Å². The SMILES string of the molecule is CCC(Cc1nc(C)c(C)n1C)C(C)(C)C. The van der Waals surface area contributed by atoms with E-state index < -0.39 is 0 Å². The van der Waals surface area contributed by atoms with E-state index in [0.29, 0.717) is 11.3 Å². The van der Waals surface area contributed by atoms with Gasteiger partial charge in [0.2, 0.25) is 0 Å². The highest BCUT2D eigenvalue weighted by atomic mass is 15.1. The molecule has 1 aromatic rings. The lowest BCUT2D eigenvalue weighted by Gasteiger charge is -2.29. The quantitative estimate of drug-likeness (QED) is 0.763. The van der Waals surface area contributed by atoms with Crippen LogP contribution in [0.15, 0.2) is 0 Å². The van der Waals surface area contributed by atoms with Crippen molar-refractivity contribution in [3.05, 3.63) is 17.2 Å². The van der Waals surface area contributed by atoms with Gasteiger partial charge in [0.1, 0.15) is 5.82 Å². The van der Waals surface area contributed by atoms with Crippen molar-refractivity contribution in [2.24, 2.45) is 18.4 Å². The Morgan fingerprint density at radius 2 is 1.81 bits per heavy atom. The Bertz CT molecular complexity index is 356. The number of aromatic nitrogens is 2. The maximum absolute atomic E-state index is 4.67. The lowest BCUT2D eigenvalue weighted by Crippen LogP contribution is -2.23. The minimum atomic E-state index is 0.364. The zero-order chi connectivity index (χ0) is 12.5. The van der Waals surface area contributed by atoms with Gasteiger partial charge in [0, 0.05) is 19.2 Å². The summed E-state index contributed by atoms with van der Waals surface area (Å²) < 4.78 is 2.24. The number of hydrogen-bond acceptors (Lipinski definition) is 1. The summed E-state index contributed by atoms with van der Waals surface area (Å²) in [6, 6.07) is 0. The van der Waals surface area contributed by atoms with E-state index in [1.807, 2.05) is 0 Å². The highest BCUT2D eigenvalue weighted by Crippen LogP contribution is 2.31. The highest BCUT2D eigenvalue weighted by Gasteiger charge is 2.24. The van der Waals surface area contributed by atoms with Crippen LogP contribution in [0.3, 0.4) is 0 Å². The molecule has 0 aromatic carbocycles. The molecule has 0 aliphatic rings. The predicted octanol–water partition coefficient (Wildman–Crippen LogP) is 3.65. The first kappa shape index (κ1) is 13.3. The molecule has 0 bridgehead atoms. The monoisotopic (exact) mass is 222 g/mol. The van der Waals surface area contributed by atoms with Gasteiger partial charge in [-0.05, 0) is 25.2 Å². The lowest BCUT2D eigenvalue weighted by atomic mass is 9.77. The second kappa shape index (κ2) is 4.60. The van der Waals surface area contributed by atoms with Crippen LogP contribution in [0.5, 0.6) is 0 Å². The summed E-state index contributed by atoms with van der Waals surface area (Å²) in [7, 11) is 2.13. The molecule has 16 heavy (non-hydrogen) atoms. The highest BCUT2D eigenvalue weighted by molar-refractivity contribution is 5.14. The minimum Gasteiger partial charge on any atom is -0.335 e. The van der Waals surface area contributed by atoms with E-state index in [0.717, 1.165) is 6.42 Å². The topological polar surface area (TPSA) is 17.8 Å². The van der Waals surface area contributed by atoms with E-state index in [1.54, 1.807) is 0 Å². The summed E-state index contributed by atoms with van der Waals surface area (Å²) in [5, 5.41) is 0. The Labute approximate surface area is 100 Å². The first-order valence-corrected chi connectivity index (χ1v) is 6.26. The lowest BCUT2D eigenvalue weighted by molar-refractivity contribution is 0.227. The molecule has 1 rings (SSSR count). The number of aryl methyl sites for hydroxylation is 1. The van der Waals surface area contributed by atoms with Crippen LogP contribution in [0.1, 0.15) is 51.3 Å². The van der Waals surface area contributed by atoms with Crippen LogP contribution in [0.4, 0.5) is 0 Å². The van der Waals surface area contributed by atoms with Crippen LogP contribution in [0, 0.1) is 25.2 Å². The minimum absolute atomic E-state index is 0.364. The molecule has 0 radical (unpaired) electrons. The summed E-state index contributed by atoms with van der Waals surface area (Å²) in [4.78, 5) is 4.67. The van der Waals surface area contributed by atoms with Crippen molar-refractivity contribution in [2.45, 2.75) is 54.4 Å². The van der Waals surface area contributed by atoms with E-state index in [2.05, 4.69) is 58.1 Å². The molecule has 2 nitrogen and oxygen atoms in total. The van der Waals surface area contributed by atoms with Gasteiger partial charge < -0.3 is 4.57 Å². The third kappa shape index (κ3) is 2.66. The predicted molar refractivity (Wildman–Crippen MR) is 69.6 cm³/mol. The third-order valence-corrected chi connectivity index (χ3v) is 3.86. The van der Waals surface area contributed by atoms with E-state index in [4.69, 9.17) is 0 Å². The van der Waals surface area contributed by atoms with Crippen LogP contribution in [0.25, 0.3) is 0 Å². The molecule has 0 aliphatic heterocycles. The van der Waals surface area contributed by atoms with Crippen LogP contribution in [-0.2, 0) is 13.5 Å². The molecular formula is C14H26N2. The van der Waals surface area contributed by atoms with Gasteiger partial charge in [-0.1, -0.05) is 34.1 Å². The molecule has 0 spiro atoms. The Balaban J connectivity index is 2.91. The van der Waals surface area contributed by atoms with E-state index in [-0.39, 0.29) is 0 Å². The molecule has 1 aromatic heterocycles. The Kier molecular flexibility index (Phi) is 3.82. The summed E-state index contributed by atoms with van der Waals surface area (Å²) >= 11 is 0. The Morgan fingerprint density at radius 1 is 1.25 bits per heavy atom. The van der Waals surface area contributed by atoms with Crippen molar-refractivity contribution in [1.29, 1.82) is 0 Å². The summed E-state index contributed by atoms with van der Waals surface area (Å²) in [5.41, 5.74) is 2.82. The number of rotatable bonds is 3. The van der Waals surface area contributed by atoms with Crippen molar-refractivity contribution in [3.8, 4) is 0 Å². The van der Waals surface area contributed by atoms with E-state index in [9.17, 15) is 0 Å². The van der Waals surface area contributed by atoms with Gasteiger partial charge in [-0.3, -0.25) is 0 Å². The van der Waals surface area contributed by atoms with Gasteiger partial charge in [0.05, 0.1) is 5.69 Å². The average molecular weight is 222 g/mol. The standard InChI is InChI=1S/C14H26N2/c1-8-12(14(4,5)6)9-13-15-10(2)11(3)16(13)7/h12H,8-9H2,1-7H3. The van der Waals surface area contributed by atoms with Gasteiger partial charge in [-0.15, -0.1) is 0 Å².